The van der Waals surface area contributed by atoms with Gasteiger partial charge in [0.25, 0.3) is 5.91 Å². The number of carbonyl (C=O) groups is 1. The highest BCUT2D eigenvalue weighted by molar-refractivity contribution is 7.15. The van der Waals surface area contributed by atoms with E-state index in [1.807, 2.05) is 42.2 Å². The van der Waals surface area contributed by atoms with Crippen molar-refractivity contribution in [2.75, 3.05) is 6.54 Å². The number of thiazole rings is 1. The fraction of sp³-hybridized carbons (Fsp3) is 0.348. The molecule has 0 unspecified atom stereocenters. The number of aromatic nitrogens is 3. The van der Waals surface area contributed by atoms with Gasteiger partial charge in [0.05, 0.1) is 15.6 Å². The van der Waals surface area contributed by atoms with Crippen molar-refractivity contribution < 1.29 is 9.28 Å². The maximum atomic E-state index is 13.7. The second kappa shape index (κ2) is 8.67. The lowest BCUT2D eigenvalue weighted by molar-refractivity contribution is 0.0493. The molecule has 4 heterocycles. The summed E-state index contributed by atoms with van der Waals surface area (Å²) >= 11 is 8.08. The number of carbonyl (C=O) groups excluding carboxylic acids is 1. The second-order valence-corrected chi connectivity index (χ2v) is 9.68. The van der Waals surface area contributed by atoms with Gasteiger partial charge < -0.3 is 4.90 Å². The van der Waals surface area contributed by atoms with Crippen LogP contribution in [0.1, 0.15) is 46.3 Å². The minimum atomic E-state index is -0.0483. The molecule has 6 nitrogen and oxygen atoms in total. The van der Waals surface area contributed by atoms with E-state index in [1.165, 1.54) is 6.20 Å². The van der Waals surface area contributed by atoms with Crippen molar-refractivity contribution in [2.24, 2.45) is 0 Å². The molecule has 2 aromatic heterocycles. The van der Waals surface area contributed by atoms with E-state index < -0.39 is 0 Å². The number of imidazole rings is 1. The Hall–Kier alpha value is -2.71. The first-order valence-electron chi connectivity index (χ1n) is 10.7. The topological polar surface area (TPSA) is 54.3 Å². The number of amides is 1. The molecule has 5 rings (SSSR count). The zero-order valence-electron chi connectivity index (χ0n) is 17.7. The molecule has 1 saturated heterocycles. The number of rotatable bonds is 4. The van der Waals surface area contributed by atoms with E-state index in [-0.39, 0.29) is 18.6 Å². The number of aryl methyl sites for hydroxylation is 1. The first kappa shape index (κ1) is 21.2. The summed E-state index contributed by atoms with van der Waals surface area (Å²) in [5.74, 6) is 0.585. The first-order valence-corrected chi connectivity index (χ1v) is 11.9. The summed E-state index contributed by atoms with van der Waals surface area (Å²) < 4.78 is 15.3. The van der Waals surface area contributed by atoms with Crippen LogP contribution >= 0.6 is 22.9 Å². The Morgan fingerprint density at radius 1 is 1.25 bits per heavy atom. The van der Waals surface area contributed by atoms with Gasteiger partial charge in [-0.15, -0.1) is 11.3 Å². The lowest BCUT2D eigenvalue weighted by Gasteiger charge is -2.35. The van der Waals surface area contributed by atoms with E-state index in [0.717, 1.165) is 34.7 Å². The second-order valence-electron chi connectivity index (χ2n) is 8.12. The van der Waals surface area contributed by atoms with Crippen molar-refractivity contribution >= 4 is 34.9 Å². The summed E-state index contributed by atoms with van der Waals surface area (Å²) in [6, 6.07) is 9.89. The molecule has 0 N–H and O–H groups in total. The zero-order chi connectivity index (χ0) is 22.2. The summed E-state index contributed by atoms with van der Waals surface area (Å²) in [6.07, 6.45) is 6.35. The van der Waals surface area contributed by atoms with Gasteiger partial charge in [0.1, 0.15) is 23.3 Å². The molecule has 0 aliphatic carbocycles. The predicted octanol–water partition coefficient (Wildman–Crippen LogP) is 5.33. The van der Waals surface area contributed by atoms with Gasteiger partial charge in [-0.25, -0.2) is 9.97 Å². The van der Waals surface area contributed by atoms with E-state index in [9.17, 15) is 9.28 Å². The Bertz CT molecular complexity index is 1170. The van der Waals surface area contributed by atoms with E-state index in [4.69, 9.17) is 11.6 Å². The Morgan fingerprint density at radius 3 is 2.88 bits per heavy atom. The van der Waals surface area contributed by atoms with Crippen molar-refractivity contribution in [3.05, 3.63) is 63.9 Å². The van der Waals surface area contributed by atoms with Gasteiger partial charge in [0.2, 0.25) is 0 Å². The number of fused-ring (bicyclic) bond motifs is 1. The Kier molecular flexibility index (Phi) is 5.73. The van der Waals surface area contributed by atoms with Crippen molar-refractivity contribution in [1.29, 1.82) is 0 Å². The molecular weight excluding hydrogens is 449 g/mol. The standard InChI is InChI=1S/C23H23ClFN5OS/c1-15-26-20(21(32-15)16-7-3-2-4-8-16)23(31)29-11-6-5-9-17(29)13-18-22(24)30-14-28(25)12-10-19(30)27-18/h2-4,7-8,10,12,17H,5-6,9,11,13-14H2,1H3/t17-/m0/s1. The summed E-state index contributed by atoms with van der Waals surface area (Å²) in [4.78, 5) is 25.7. The van der Waals surface area contributed by atoms with Gasteiger partial charge in [-0.1, -0.05) is 46.4 Å². The predicted molar refractivity (Wildman–Crippen MR) is 124 cm³/mol. The number of nitrogens with zero attached hydrogens (tertiary/aromatic N) is 5. The minimum Gasteiger partial charge on any atom is -0.334 e. The molecule has 0 radical (unpaired) electrons. The number of hydrogen-bond donors (Lipinski definition) is 0. The third-order valence-electron chi connectivity index (χ3n) is 5.95. The average Bonchev–Trinajstić information content (AvgIpc) is 3.34. The van der Waals surface area contributed by atoms with Gasteiger partial charge in [-0.2, -0.15) is 5.12 Å². The maximum absolute atomic E-state index is 13.7. The van der Waals surface area contributed by atoms with Crippen LogP contribution in [-0.4, -0.2) is 43.1 Å². The SMILES string of the molecule is Cc1nc(C(=O)N2CCCC[C@H]2Cc2nc3n(c2Cl)CN(F)C=C3)c(-c2ccccc2)s1. The van der Waals surface area contributed by atoms with Crippen LogP contribution in [0.5, 0.6) is 0 Å². The Labute approximate surface area is 194 Å². The van der Waals surface area contributed by atoms with Gasteiger partial charge >= 0.3 is 0 Å². The molecule has 3 aromatic rings. The molecule has 1 aromatic carbocycles. The summed E-state index contributed by atoms with van der Waals surface area (Å²) in [7, 11) is 0. The van der Waals surface area contributed by atoms with E-state index in [1.54, 1.807) is 22.0 Å². The van der Waals surface area contributed by atoms with Crippen LogP contribution in [0.4, 0.5) is 4.48 Å². The largest absolute Gasteiger partial charge is 0.334 e. The van der Waals surface area contributed by atoms with Crippen molar-refractivity contribution in [1.82, 2.24) is 24.6 Å². The number of hydrogen-bond acceptors (Lipinski definition) is 5. The fourth-order valence-corrected chi connectivity index (χ4v) is 5.59. The Morgan fingerprint density at radius 2 is 2.06 bits per heavy atom. The lowest BCUT2D eigenvalue weighted by Crippen LogP contribution is -2.45. The van der Waals surface area contributed by atoms with Crippen LogP contribution < -0.4 is 0 Å². The third kappa shape index (κ3) is 3.93. The molecule has 1 atom stereocenters. The number of benzene rings is 1. The van der Waals surface area contributed by atoms with Crippen molar-refractivity contribution in [3.63, 3.8) is 0 Å². The highest BCUT2D eigenvalue weighted by atomic mass is 35.5. The minimum absolute atomic E-state index is 0.0174. The molecule has 0 saturated carbocycles. The maximum Gasteiger partial charge on any atom is 0.274 e. The van der Waals surface area contributed by atoms with Crippen LogP contribution in [-0.2, 0) is 13.1 Å². The molecule has 1 fully saturated rings. The first-order chi connectivity index (χ1) is 15.5. The summed E-state index contributed by atoms with van der Waals surface area (Å²) in [5.41, 5.74) is 2.21. The van der Waals surface area contributed by atoms with Gasteiger partial charge in [-0.3, -0.25) is 9.36 Å². The molecular formula is C23H23ClFN5OS. The van der Waals surface area contributed by atoms with Crippen LogP contribution in [0.2, 0.25) is 5.15 Å². The van der Waals surface area contributed by atoms with Gasteiger partial charge in [0.15, 0.2) is 0 Å². The molecule has 1 amide bonds. The number of piperidine rings is 1. The highest BCUT2D eigenvalue weighted by Gasteiger charge is 2.32. The summed E-state index contributed by atoms with van der Waals surface area (Å²) in [5, 5.41) is 1.86. The van der Waals surface area contributed by atoms with Gasteiger partial charge in [0, 0.05) is 25.2 Å². The van der Waals surface area contributed by atoms with E-state index in [0.29, 0.717) is 40.5 Å². The van der Waals surface area contributed by atoms with Crippen LogP contribution in [0.15, 0.2) is 36.5 Å². The van der Waals surface area contributed by atoms with Crippen molar-refractivity contribution in [3.8, 4) is 10.4 Å². The zero-order valence-corrected chi connectivity index (χ0v) is 19.2. The normalized spacial score (nSPS) is 18.2. The molecule has 0 bridgehead atoms. The molecule has 9 heteroatoms. The van der Waals surface area contributed by atoms with Crippen LogP contribution in [0, 0.1) is 6.92 Å². The smallest absolute Gasteiger partial charge is 0.274 e. The van der Waals surface area contributed by atoms with Crippen molar-refractivity contribution in [2.45, 2.75) is 45.3 Å². The number of likely N-dealkylation sites (tertiary alicyclic amines) is 1. The van der Waals surface area contributed by atoms with Gasteiger partial charge in [-0.05, 0) is 37.8 Å². The van der Waals surface area contributed by atoms with E-state index >= 15 is 0 Å². The lowest BCUT2D eigenvalue weighted by atomic mass is 9.97. The highest BCUT2D eigenvalue weighted by Crippen LogP contribution is 2.33. The molecule has 2 aliphatic heterocycles. The average molecular weight is 472 g/mol. The molecule has 32 heavy (non-hydrogen) atoms. The van der Waals surface area contributed by atoms with E-state index in [2.05, 4.69) is 9.97 Å². The quantitative estimate of drug-likeness (QED) is 0.482. The number of halogens is 2. The molecule has 0 spiro atoms. The summed E-state index contributed by atoms with van der Waals surface area (Å²) in [6.45, 7) is 2.62. The Balaban J connectivity index is 1.43. The van der Waals surface area contributed by atoms with Crippen LogP contribution in [0.3, 0.4) is 0 Å². The van der Waals surface area contributed by atoms with Crippen LogP contribution in [0.25, 0.3) is 16.5 Å². The molecule has 2 aliphatic rings. The monoisotopic (exact) mass is 471 g/mol. The fourth-order valence-electron chi connectivity index (χ4n) is 4.42. The third-order valence-corrected chi connectivity index (χ3v) is 7.39. The molecule has 166 valence electrons.